The van der Waals surface area contributed by atoms with Crippen LogP contribution in [0, 0.1) is 0 Å². The van der Waals surface area contributed by atoms with Gasteiger partial charge in [0.15, 0.2) is 6.29 Å². The highest BCUT2D eigenvalue weighted by Crippen LogP contribution is 2.26. The van der Waals surface area contributed by atoms with Crippen LogP contribution in [0.2, 0.25) is 0 Å². The van der Waals surface area contributed by atoms with Gasteiger partial charge in [0.2, 0.25) is 0 Å². The Labute approximate surface area is 109 Å². The largest absolute Gasteiger partial charge is 0.496 e. The van der Waals surface area contributed by atoms with Gasteiger partial charge < -0.3 is 19.5 Å². The van der Waals surface area contributed by atoms with Crippen molar-refractivity contribution in [2.24, 2.45) is 0 Å². The molecule has 102 valence electrons. The number of hydrogen-bond acceptors (Lipinski definition) is 4. The first kappa shape index (κ1) is 15.0. The number of rotatable bonds is 8. The van der Waals surface area contributed by atoms with E-state index in [1.54, 1.807) is 21.3 Å². The van der Waals surface area contributed by atoms with Crippen molar-refractivity contribution >= 4 is 0 Å². The molecule has 1 N–H and O–H groups in total. The Balaban J connectivity index is 2.70. The van der Waals surface area contributed by atoms with Gasteiger partial charge >= 0.3 is 0 Å². The average Bonchev–Trinajstić information content (AvgIpc) is 2.44. The van der Waals surface area contributed by atoms with E-state index >= 15 is 0 Å². The van der Waals surface area contributed by atoms with Gasteiger partial charge in [0.1, 0.15) is 5.75 Å². The molecule has 18 heavy (non-hydrogen) atoms. The summed E-state index contributed by atoms with van der Waals surface area (Å²) in [7, 11) is 4.97. The predicted octanol–water partition coefficient (Wildman–Crippen LogP) is 2.35. The van der Waals surface area contributed by atoms with Crippen LogP contribution < -0.4 is 10.1 Å². The molecule has 1 atom stereocenters. The summed E-state index contributed by atoms with van der Waals surface area (Å²) in [6.45, 7) is 2.78. The summed E-state index contributed by atoms with van der Waals surface area (Å²) in [6.07, 6.45) is 0.745. The predicted molar refractivity (Wildman–Crippen MR) is 71.8 cm³/mol. The lowest BCUT2D eigenvalue weighted by Crippen LogP contribution is -2.32. The topological polar surface area (TPSA) is 39.7 Å². The highest BCUT2D eigenvalue weighted by Gasteiger charge is 2.15. The van der Waals surface area contributed by atoms with Gasteiger partial charge in [-0.3, -0.25) is 0 Å². The second kappa shape index (κ2) is 8.08. The van der Waals surface area contributed by atoms with Gasteiger partial charge in [-0.1, -0.05) is 25.1 Å². The molecular formula is C14H23NO3. The highest BCUT2D eigenvalue weighted by atomic mass is 16.7. The Morgan fingerprint density at radius 2 is 1.78 bits per heavy atom. The van der Waals surface area contributed by atoms with Crippen LogP contribution in [0.3, 0.4) is 0 Å². The molecule has 0 fully saturated rings. The molecule has 1 rings (SSSR count). The molecule has 1 aromatic carbocycles. The van der Waals surface area contributed by atoms with Crippen LogP contribution in [0.15, 0.2) is 24.3 Å². The molecule has 0 amide bonds. The molecule has 0 spiro atoms. The van der Waals surface area contributed by atoms with Crippen molar-refractivity contribution in [3.63, 3.8) is 0 Å². The van der Waals surface area contributed by atoms with E-state index in [0.717, 1.165) is 17.7 Å². The molecule has 0 saturated carbocycles. The number of methoxy groups -OCH3 is 3. The lowest BCUT2D eigenvalue weighted by atomic mass is 10.0. The number of hydrogen-bond donors (Lipinski definition) is 1. The van der Waals surface area contributed by atoms with Crippen molar-refractivity contribution in [3.8, 4) is 5.75 Å². The lowest BCUT2D eigenvalue weighted by molar-refractivity contribution is -0.1000. The van der Waals surface area contributed by atoms with Gasteiger partial charge in [-0.15, -0.1) is 0 Å². The smallest absolute Gasteiger partial charge is 0.169 e. The third kappa shape index (κ3) is 3.98. The van der Waals surface area contributed by atoms with Crippen LogP contribution in [-0.4, -0.2) is 34.2 Å². The highest BCUT2D eigenvalue weighted by molar-refractivity contribution is 5.35. The zero-order valence-electron chi connectivity index (χ0n) is 11.6. The van der Waals surface area contributed by atoms with E-state index in [1.165, 1.54) is 0 Å². The Kier molecular flexibility index (Phi) is 6.72. The summed E-state index contributed by atoms with van der Waals surface area (Å²) in [5, 5.41) is 3.43. The van der Waals surface area contributed by atoms with Gasteiger partial charge in [0, 0.05) is 32.4 Å². The second-order valence-electron chi connectivity index (χ2n) is 4.01. The van der Waals surface area contributed by atoms with Crippen LogP contribution in [0.5, 0.6) is 5.75 Å². The SMILES string of the molecule is CCC(NCC(OC)OC)c1ccccc1OC. The maximum atomic E-state index is 5.39. The van der Waals surface area contributed by atoms with Crippen molar-refractivity contribution in [2.45, 2.75) is 25.7 Å². The van der Waals surface area contributed by atoms with Gasteiger partial charge in [-0.25, -0.2) is 0 Å². The Morgan fingerprint density at radius 3 is 2.33 bits per heavy atom. The number of nitrogens with one attached hydrogen (secondary N) is 1. The van der Waals surface area contributed by atoms with Gasteiger partial charge in [0.25, 0.3) is 0 Å². The summed E-state index contributed by atoms with van der Waals surface area (Å²) in [5.41, 5.74) is 1.16. The zero-order chi connectivity index (χ0) is 13.4. The Bertz CT molecular complexity index is 340. The molecule has 0 bridgehead atoms. The molecule has 0 radical (unpaired) electrons. The van der Waals surface area contributed by atoms with Crippen LogP contribution in [-0.2, 0) is 9.47 Å². The van der Waals surface area contributed by atoms with Crippen LogP contribution in [0.1, 0.15) is 24.9 Å². The van der Waals surface area contributed by atoms with Crippen LogP contribution >= 0.6 is 0 Å². The Morgan fingerprint density at radius 1 is 1.11 bits per heavy atom. The lowest BCUT2D eigenvalue weighted by Gasteiger charge is -2.22. The van der Waals surface area contributed by atoms with E-state index in [0.29, 0.717) is 6.54 Å². The summed E-state index contributed by atoms with van der Waals surface area (Å²) >= 11 is 0. The first-order valence-corrected chi connectivity index (χ1v) is 6.18. The molecule has 0 aliphatic heterocycles. The fourth-order valence-electron chi connectivity index (χ4n) is 1.93. The normalized spacial score (nSPS) is 12.7. The number of benzene rings is 1. The summed E-state index contributed by atoms with van der Waals surface area (Å²) in [4.78, 5) is 0. The van der Waals surface area contributed by atoms with Crippen molar-refractivity contribution in [2.75, 3.05) is 27.9 Å². The number of para-hydroxylation sites is 1. The van der Waals surface area contributed by atoms with Crippen LogP contribution in [0.4, 0.5) is 0 Å². The fraction of sp³-hybridized carbons (Fsp3) is 0.571. The maximum absolute atomic E-state index is 5.39. The van der Waals surface area contributed by atoms with E-state index in [2.05, 4.69) is 18.3 Å². The number of ether oxygens (including phenoxy) is 3. The maximum Gasteiger partial charge on any atom is 0.169 e. The van der Waals surface area contributed by atoms with E-state index in [4.69, 9.17) is 14.2 Å². The average molecular weight is 253 g/mol. The van der Waals surface area contributed by atoms with E-state index in [1.807, 2.05) is 18.2 Å². The standard InChI is InChI=1S/C14H23NO3/c1-5-12(15-10-14(17-3)18-4)11-8-6-7-9-13(11)16-2/h6-9,12,14-15H,5,10H2,1-4H3. The molecule has 4 heteroatoms. The molecular weight excluding hydrogens is 230 g/mol. The van der Waals surface area contributed by atoms with E-state index < -0.39 is 0 Å². The third-order valence-electron chi connectivity index (χ3n) is 2.98. The van der Waals surface area contributed by atoms with Crippen LogP contribution in [0.25, 0.3) is 0 Å². The zero-order valence-corrected chi connectivity index (χ0v) is 11.6. The minimum atomic E-state index is -0.228. The Hall–Kier alpha value is -1.10. The van der Waals surface area contributed by atoms with Gasteiger partial charge in [-0.05, 0) is 12.5 Å². The molecule has 0 aromatic heterocycles. The molecule has 0 saturated heterocycles. The third-order valence-corrected chi connectivity index (χ3v) is 2.98. The minimum absolute atomic E-state index is 0.228. The quantitative estimate of drug-likeness (QED) is 0.722. The van der Waals surface area contributed by atoms with Crippen molar-refractivity contribution in [1.82, 2.24) is 5.32 Å². The molecule has 0 heterocycles. The molecule has 4 nitrogen and oxygen atoms in total. The summed E-state index contributed by atoms with van der Waals surface area (Å²) in [5.74, 6) is 0.906. The van der Waals surface area contributed by atoms with Crippen molar-refractivity contribution < 1.29 is 14.2 Å². The van der Waals surface area contributed by atoms with Crippen molar-refractivity contribution in [3.05, 3.63) is 29.8 Å². The first-order valence-electron chi connectivity index (χ1n) is 6.18. The van der Waals surface area contributed by atoms with E-state index in [9.17, 15) is 0 Å². The molecule has 0 aliphatic rings. The minimum Gasteiger partial charge on any atom is -0.496 e. The molecule has 0 aliphatic carbocycles. The summed E-state index contributed by atoms with van der Waals surface area (Å²) < 4.78 is 15.7. The fourth-order valence-corrected chi connectivity index (χ4v) is 1.93. The summed E-state index contributed by atoms with van der Waals surface area (Å²) in [6, 6.07) is 8.28. The first-order chi connectivity index (χ1) is 8.76. The second-order valence-corrected chi connectivity index (χ2v) is 4.01. The monoisotopic (exact) mass is 253 g/mol. The van der Waals surface area contributed by atoms with Gasteiger partial charge in [0.05, 0.1) is 7.11 Å². The van der Waals surface area contributed by atoms with Gasteiger partial charge in [-0.2, -0.15) is 0 Å². The van der Waals surface area contributed by atoms with E-state index in [-0.39, 0.29) is 12.3 Å². The molecule has 1 unspecified atom stereocenters. The molecule has 1 aromatic rings. The van der Waals surface area contributed by atoms with Crippen molar-refractivity contribution in [1.29, 1.82) is 0 Å².